The van der Waals surface area contributed by atoms with E-state index in [-0.39, 0.29) is 24.0 Å². The van der Waals surface area contributed by atoms with E-state index in [2.05, 4.69) is 5.32 Å². The first-order valence-corrected chi connectivity index (χ1v) is 12.1. The fraction of sp³-hybridized carbons (Fsp3) is 0.619. The van der Waals surface area contributed by atoms with Crippen molar-refractivity contribution in [1.82, 2.24) is 10.2 Å². The monoisotopic (exact) mass is 457 g/mol. The number of hydrogen-bond acceptors (Lipinski definition) is 5. The number of nitrogens with one attached hydrogen (secondary N) is 1. The minimum absolute atomic E-state index is 0.0879. The second-order valence-electron chi connectivity index (χ2n) is 8.47. The molecule has 3 atom stereocenters. The summed E-state index contributed by atoms with van der Waals surface area (Å²) in [4.78, 5) is 24.7. The molecule has 1 saturated heterocycles. The van der Waals surface area contributed by atoms with Gasteiger partial charge in [0.2, 0.25) is 10.0 Å². The first-order chi connectivity index (χ1) is 14.4. The Labute approximate surface area is 183 Å². The number of carbonyl (C=O) groups is 2. The van der Waals surface area contributed by atoms with Crippen LogP contribution in [-0.2, 0) is 14.8 Å². The minimum Gasteiger partial charge on any atom is -0.490 e. The van der Waals surface area contributed by atoms with Gasteiger partial charge in [-0.1, -0.05) is 33.3 Å². The molecule has 0 aliphatic carbocycles. The molecule has 1 unspecified atom stereocenters. The lowest BCUT2D eigenvalue weighted by Gasteiger charge is -2.24. The van der Waals surface area contributed by atoms with Crippen LogP contribution in [0.5, 0.6) is 5.75 Å². The van der Waals surface area contributed by atoms with Gasteiger partial charge < -0.3 is 9.64 Å². The quantitative estimate of drug-likeness (QED) is 0.391. The fourth-order valence-electron chi connectivity index (χ4n) is 3.61. The van der Waals surface area contributed by atoms with Gasteiger partial charge in [-0.25, -0.2) is 22.7 Å². The highest BCUT2D eigenvalue weighted by atomic mass is 32.2. The largest absolute Gasteiger partial charge is 0.490 e. The Morgan fingerprint density at radius 3 is 2.45 bits per heavy atom. The van der Waals surface area contributed by atoms with Gasteiger partial charge in [0.1, 0.15) is 6.04 Å². The SMILES string of the molecule is CC(C)COc1cc([C@@H](C)C(CCCCN2C(=O)NC(=O)[C@H]2C)S(N)(=O)=O)ccc1F. The molecular formula is C21H32FN3O5S. The van der Waals surface area contributed by atoms with Crippen LogP contribution in [0, 0.1) is 11.7 Å². The van der Waals surface area contributed by atoms with Gasteiger partial charge in [-0.15, -0.1) is 0 Å². The Morgan fingerprint density at radius 1 is 1.23 bits per heavy atom. The van der Waals surface area contributed by atoms with Gasteiger partial charge in [0.05, 0.1) is 11.9 Å². The number of sulfonamides is 1. The maximum absolute atomic E-state index is 14.1. The molecule has 0 bridgehead atoms. The third kappa shape index (κ3) is 6.64. The molecule has 1 aliphatic rings. The van der Waals surface area contributed by atoms with E-state index in [0.717, 1.165) is 0 Å². The molecule has 3 amide bonds. The minimum atomic E-state index is -3.87. The summed E-state index contributed by atoms with van der Waals surface area (Å²) in [6.45, 7) is 7.96. The standard InChI is InChI=1S/C21H32FN3O5S/c1-13(2)12-30-18-11-16(8-9-17(18)22)14(3)19(31(23,28)29)7-5-6-10-25-15(4)20(26)24-21(25)27/h8-9,11,13-15,19H,5-7,10,12H2,1-4H3,(H2,23,28,29)(H,24,26,27)/t14-,15-,19?/m1/s1. The van der Waals surface area contributed by atoms with E-state index in [9.17, 15) is 22.4 Å². The van der Waals surface area contributed by atoms with Crippen molar-refractivity contribution >= 4 is 22.0 Å². The average Bonchev–Trinajstić information content (AvgIpc) is 2.91. The van der Waals surface area contributed by atoms with Crippen molar-refractivity contribution in [2.45, 2.75) is 64.2 Å². The summed E-state index contributed by atoms with van der Waals surface area (Å²) in [5.41, 5.74) is 0.623. The maximum atomic E-state index is 14.1. The Bertz CT molecular complexity index is 906. The van der Waals surface area contributed by atoms with Crippen LogP contribution in [0.1, 0.15) is 58.4 Å². The van der Waals surface area contributed by atoms with Gasteiger partial charge in [0, 0.05) is 6.54 Å². The number of benzene rings is 1. The summed E-state index contributed by atoms with van der Waals surface area (Å²) in [6, 6.07) is 3.37. The smallest absolute Gasteiger partial charge is 0.324 e. The molecule has 8 nitrogen and oxygen atoms in total. The summed E-state index contributed by atoms with van der Waals surface area (Å²) < 4.78 is 44.1. The first-order valence-electron chi connectivity index (χ1n) is 10.5. The molecule has 2 rings (SSSR count). The summed E-state index contributed by atoms with van der Waals surface area (Å²) in [6.07, 6.45) is 1.29. The van der Waals surface area contributed by atoms with E-state index in [1.165, 1.54) is 17.0 Å². The second kappa shape index (κ2) is 10.4. The van der Waals surface area contributed by atoms with Gasteiger partial charge >= 0.3 is 6.03 Å². The lowest BCUT2D eigenvalue weighted by Crippen LogP contribution is -2.35. The molecule has 1 aromatic rings. The zero-order chi connectivity index (χ0) is 23.3. The van der Waals surface area contributed by atoms with E-state index in [0.29, 0.717) is 31.6 Å². The number of hydrogen-bond donors (Lipinski definition) is 2. The molecule has 174 valence electrons. The lowest BCUT2D eigenvalue weighted by molar-refractivity contribution is -0.121. The van der Waals surface area contributed by atoms with Gasteiger partial charge in [-0.3, -0.25) is 10.1 Å². The van der Waals surface area contributed by atoms with Crippen LogP contribution in [0.2, 0.25) is 0 Å². The summed E-state index contributed by atoms with van der Waals surface area (Å²) in [5.74, 6) is -1.02. The average molecular weight is 458 g/mol. The number of imide groups is 1. The highest BCUT2D eigenvalue weighted by Crippen LogP contribution is 2.31. The highest BCUT2D eigenvalue weighted by Gasteiger charge is 2.34. The van der Waals surface area contributed by atoms with E-state index < -0.39 is 39.1 Å². The predicted molar refractivity (Wildman–Crippen MR) is 116 cm³/mol. The Morgan fingerprint density at radius 2 is 1.90 bits per heavy atom. The molecule has 0 spiro atoms. The Hall–Kier alpha value is -2.20. The molecule has 1 fully saturated rings. The van der Waals surface area contributed by atoms with Gasteiger partial charge in [-0.05, 0) is 49.3 Å². The van der Waals surface area contributed by atoms with Crippen molar-refractivity contribution < 1.29 is 27.1 Å². The molecule has 1 heterocycles. The number of halogens is 1. The maximum Gasteiger partial charge on any atom is 0.324 e. The lowest BCUT2D eigenvalue weighted by atomic mass is 9.94. The van der Waals surface area contributed by atoms with Crippen LogP contribution in [0.15, 0.2) is 18.2 Å². The number of amides is 3. The van der Waals surface area contributed by atoms with E-state index in [4.69, 9.17) is 9.88 Å². The summed E-state index contributed by atoms with van der Waals surface area (Å²) in [5, 5.41) is 6.87. The topological polar surface area (TPSA) is 119 Å². The van der Waals surface area contributed by atoms with E-state index in [1.54, 1.807) is 19.9 Å². The van der Waals surface area contributed by atoms with Gasteiger partial charge in [0.25, 0.3) is 5.91 Å². The van der Waals surface area contributed by atoms with Crippen molar-refractivity contribution in [2.75, 3.05) is 13.2 Å². The van der Waals surface area contributed by atoms with Crippen LogP contribution in [0.3, 0.4) is 0 Å². The molecule has 1 aliphatic heterocycles. The fourth-order valence-corrected chi connectivity index (χ4v) is 4.83. The van der Waals surface area contributed by atoms with Crippen molar-refractivity contribution in [3.63, 3.8) is 0 Å². The van der Waals surface area contributed by atoms with Gasteiger partial charge in [-0.2, -0.15) is 0 Å². The van der Waals surface area contributed by atoms with Crippen LogP contribution in [0.4, 0.5) is 9.18 Å². The van der Waals surface area contributed by atoms with Crippen molar-refractivity contribution in [2.24, 2.45) is 11.1 Å². The summed E-state index contributed by atoms with van der Waals surface area (Å²) in [7, 11) is -3.87. The molecule has 0 aromatic heterocycles. The van der Waals surface area contributed by atoms with Crippen LogP contribution in [-0.4, -0.2) is 49.7 Å². The molecule has 31 heavy (non-hydrogen) atoms. The van der Waals surface area contributed by atoms with Crippen LogP contribution >= 0.6 is 0 Å². The third-order valence-electron chi connectivity index (χ3n) is 5.51. The number of nitrogens with zero attached hydrogens (tertiary/aromatic N) is 1. The van der Waals surface area contributed by atoms with Crippen LogP contribution < -0.4 is 15.2 Å². The third-order valence-corrected chi connectivity index (χ3v) is 7.00. The van der Waals surface area contributed by atoms with Crippen molar-refractivity contribution in [1.29, 1.82) is 0 Å². The first kappa shape index (κ1) is 25.1. The second-order valence-corrected chi connectivity index (χ2v) is 10.3. The van der Waals surface area contributed by atoms with Crippen LogP contribution in [0.25, 0.3) is 0 Å². The molecule has 10 heteroatoms. The molecule has 1 aromatic carbocycles. The molecular weight excluding hydrogens is 425 g/mol. The Balaban J connectivity index is 2.04. The van der Waals surface area contributed by atoms with E-state index in [1.807, 2.05) is 13.8 Å². The number of rotatable bonds is 11. The molecule has 0 radical (unpaired) electrons. The highest BCUT2D eigenvalue weighted by molar-refractivity contribution is 7.89. The zero-order valence-corrected chi connectivity index (χ0v) is 19.2. The molecule has 0 saturated carbocycles. The number of unbranched alkanes of at least 4 members (excludes halogenated alkanes) is 1. The predicted octanol–water partition coefficient (Wildman–Crippen LogP) is 2.73. The normalized spacial score (nSPS) is 18.9. The number of carbonyl (C=O) groups excluding carboxylic acids is 2. The number of urea groups is 1. The summed E-state index contributed by atoms with van der Waals surface area (Å²) >= 11 is 0. The molecule has 3 N–H and O–H groups in total. The number of nitrogens with two attached hydrogens (primary N) is 1. The Kier molecular flexibility index (Phi) is 8.41. The zero-order valence-electron chi connectivity index (χ0n) is 18.4. The van der Waals surface area contributed by atoms with Gasteiger partial charge in [0.15, 0.2) is 11.6 Å². The van der Waals surface area contributed by atoms with E-state index >= 15 is 0 Å². The van der Waals surface area contributed by atoms with Crippen molar-refractivity contribution in [3.05, 3.63) is 29.6 Å². The van der Waals surface area contributed by atoms with Crippen molar-refractivity contribution in [3.8, 4) is 5.75 Å². The number of ether oxygens (including phenoxy) is 1. The number of primary sulfonamides is 1.